The van der Waals surface area contributed by atoms with Gasteiger partial charge in [0.25, 0.3) is 10.0 Å². The van der Waals surface area contributed by atoms with Crippen molar-refractivity contribution in [3.8, 4) is 0 Å². The Hall–Kier alpha value is -3.57. The first-order chi connectivity index (χ1) is 20.3. The average molecular weight is 636 g/mol. The highest BCUT2D eigenvalue weighted by Crippen LogP contribution is 2.33. The standard InChI is InChI=1S/C31H33ClF3N3O4S/c1-21-10-16-28(17-11-21)43(41,42)38(27-9-5-6-24(18-27)31(33,34)35)20-29(39)37(19-23-12-14-25(32)15-13-23)22(2)30(40)36-26-7-3-4-8-26/h5-6,9-18,22,26H,3-4,7-8,19-20H2,1-2H3,(H,36,40)/t22-/m0/s1. The number of carbonyl (C=O) groups excluding carboxylic acids is 2. The summed E-state index contributed by atoms with van der Waals surface area (Å²) in [7, 11) is -4.50. The smallest absolute Gasteiger partial charge is 0.352 e. The highest BCUT2D eigenvalue weighted by Gasteiger charge is 2.35. The number of alkyl halides is 3. The highest BCUT2D eigenvalue weighted by atomic mass is 35.5. The zero-order chi connectivity index (χ0) is 31.4. The lowest BCUT2D eigenvalue weighted by Gasteiger charge is -2.32. The van der Waals surface area contributed by atoms with Crippen LogP contribution in [0.5, 0.6) is 0 Å². The third kappa shape index (κ3) is 8.08. The second-order valence-electron chi connectivity index (χ2n) is 10.7. The molecule has 1 aliphatic carbocycles. The maximum atomic E-state index is 14.0. The molecule has 0 heterocycles. The van der Waals surface area contributed by atoms with Crippen molar-refractivity contribution >= 4 is 39.1 Å². The van der Waals surface area contributed by atoms with Crippen LogP contribution in [0.2, 0.25) is 5.02 Å². The summed E-state index contributed by atoms with van der Waals surface area (Å²) in [6.45, 7) is 2.40. The van der Waals surface area contributed by atoms with Crippen LogP contribution in [0.15, 0.2) is 77.7 Å². The van der Waals surface area contributed by atoms with E-state index in [9.17, 15) is 31.2 Å². The van der Waals surface area contributed by atoms with E-state index in [1.54, 1.807) is 50.2 Å². The predicted octanol–water partition coefficient (Wildman–Crippen LogP) is 6.34. The molecular weight excluding hydrogens is 603 g/mol. The maximum Gasteiger partial charge on any atom is 0.416 e. The molecule has 0 aliphatic heterocycles. The summed E-state index contributed by atoms with van der Waals surface area (Å²) in [4.78, 5) is 28.3. The van der Waals surface area contributed by atoms with Crippen LogP contribution in [0, 0.1) is 6.92 Å². The van der Waals surface area contributed by atoms with Crippen molar-refractivity contribution in [3.05, 3.63) is 94.5 Å². The summed E-state index contributed by atoms with van der Waals surface area (Å²) in [6, 6.07) is 15.2. The van der Waals surface area contributed by atoms with Gasteiger partial charge in [-0.05, 0) is 74.7 Å². The van der Waals surface area contributed by atoms with Crippen LogP contribution in [0.1, 0.15) is 49.3 Å². The van der Waals surface area contributed by atoms with Gasteiger partial charge in [-0.2, -0.15) is 13.2 Å². The van der Waals surface area contributed by atoms with Gasteiger partial charge in [0.1, 0.15) is 12.6 Å². The van der Waals surface area contributed by atoms with Crippen LogP contribution in [0.3, 0.4) is 0 Å². The molecule has 3 aromatic carbocycles. The van der Waals surface area contributed by atoms with Crippen molar-refractivity contribution in [1.82, 2.24) is 10.2 Å². The molecule has 2 amide bonds. The van der Waals surface area contributed by atoms with Crippen LogP contribution < -0.4 is 9.62 Å². The molecule has 0 saturated heterocycles. The Morgan fingerprint density at radius 1 is 1.00 bits per heavy atom. The Labute approximate surface area is 254 Å². The molecule has 1 fully saturated rings. The molecule has 0 bridgehead atoms. The Morgan fingerprint density at radius 3 is 2.23 bits per heavy atom. The molecule has 7 nitrogen and oxygen atoms in total. The normalized spacial score (nSPS) is 14.7. The molecule has 0 spiro atoms. The van der Waals surface area contributed by atoms with E-state index < -0.39 is 46.2 Å². The van der Waals surface area contributed by atoms with Crippen LogP contribution in [-0.4, -0.2) is 43.8 Å². The lowest BCUT2D eigenvalue weighted by Crippen LogP contribution is -2.52. The fourth-order valence-electron chi connectivity index (χ4n) is 4.96. The number of halogens is 4. The Balaban J connectivity index is 1.73. The molecule has 0 radical (unpaired) electrons. The second kappa shape index (κ2) is 13.4. The van der Waals surface area contributed by atoms with Crippen molar-refractivity contribution in [2.45, 2.75) is 69.2 Å². The van der Waals surface area contributed by atoms with Gasteiger partial charge in [0.2, 0.25) is 11.8 Å². The van der Waals surface area contributed by atoms with Gasteiger partial charge in [0.15, 0.2) is 0 Å². The topological polar surface area (TPSA) is 86.8 Å². The number of benzene rings is 3. The highest BCUT2D eigenvalue weighted by molar-refractivity contribution is 7.92. The van der Waals surface area contributed by atoms with E-state index in [0.717, 1.165) is 43.4 Å². The van der Waals surface area contributed by atoms with Crippen LogP contribution in [-0.2, 0) is 32.3 Å². The van der Waals surface area contributed by atoms with E-state index in [4.69, 9.17) is 11.6 Å². The Morgan fingerprint density at radius 2 is 1.63 bits per heavy atom. The summed E-state index contributed by atoms with van der Waals surface area (Å²) in [5.41, 5.74) is 0.00398. The number of hydrogen-bond donors (Lipinski definition) is 1. The van der Waals surface area contributed by atoms with Crippen LogP contribution >= 0.6 is 11.6 Å². The Kier molecular flexibility index (Phi) is 10.1. The maximum absolute atomic E-state index is 14.0. The van der Waals surface area contributed by atoms with Gasteiger partial charge in [-0.25, -0.2) is 8.42 Å². The van der Waals surface area contributed by atoms with Gasteiger partial charge < -0.3 is 10.2 Å². The average Bonchev–Trinajstić information content (AvgIpc) is 3.48. The number of rotatable bonds is 10. The van der Waals surface area contributed by atoms with E-state index in [1.165, 1.54) is 23.1 Å². The van der Waals surface area contributed by atoms with Gasteiger partial charge >= 0.3 is 6.18 Å². The van der Waals surface area contributed by atoms with Gasteiger partial charge in [-0.15, -0.1) is 0 Å². The first kappa shape index (κ1) is 32.3. The lowest BCUT2D eigenvalue weighted by atomic mass is 10.1. The number of nitrogens with one attached hydrogen (secondary N) is 1. The second-order valence-corrected chi connectivity index (χ2v) is 13.0. The molecular formula is C31H33ClF3N3O4S. The monoisotopic (exact) mass is 635 g/mol. The molecule has 43 heavy (non-hydrogen) atoms. The molecule has 4 rings (SSSR count). The summed E-state index contributed by atoms with van der Waals surface area (Å²) in [6.07, 6.45) is -1.14. The van der Waals surface area contributed by atoms with E-state index >= 15 is 0 Å². The number of anilines is 1. The third-order valence-corrected chi connectivity index (χ3v) is 9.52. The van der Waals surface area contributed by atoms with Crippen molar-refractivity contribution in [2.24, 2.45) is 0 Å². The van der Waals surface area contributed by atoms with Gasteiger partial charge in [-0.3, -0.25) is 13.9 Å². The molecule has 1 atom stereocenters. The minimum atomic E-state index is -4.74. The lowest BCUT2D eigenvalue weighted by molar-refractivity contribution is -0.139. The fraction of sp³-hybridized carbons (Fsp3) is 0.355. The van der Waals surface area contributed by atoms with Crippen molar-refractivity contribution in [1.29, 1.82) is 0 Å². The summed E-state index contributed by atoms with van der Waals surface area (Å²) < 4.78 is 69.3. The molecule has 12 heteroatoms. The van der Waals surface area contributed by atoms with Crippen molar-refractivity contribution < 1.29 is 31.2 Å². The predicted molar refractivity (Wildman–Crippen MR) is 159 cm³/mol. The molecule has 1 N–H and O–H groups in total. The number of sulfonamides is 1. The van der Waals surface area contributed by atoms with E-state index in [2.05, 4.69) is 5.32 Å². The minimum absolute atomic E-state index is 0.0223. The number of nitrogens with zero attached hydrogens (tertiary/aromatic N) is 2. The summed E-state index contributed by atoms with van der Waals surface area (Å²) in [5, 5.41) is 3.43. The van der Waals surface area contributed by atoms with E-state index in [0.29, 0.717) is 21.0 Å². The molecule has 230 valence electrons. The molecule has 0 unspecified atom stereocenters. The van der Waals surface area contributed by atoms with Gasteiger partial charge in [0.05, 0.1) is 16.1 Å². The minimum Gasteiger partial charge on any atom is -0.352 e. The third-order valence-electron chi connectivity index (χ3n) is 7.48. The van der Waals surface area contributed by atoms with Crippen LogP contribution in [0.4, 0.5) is 18.9 Å². The fourth-order valence-corrected chi connectivity index (χ4v) is 6.50. The number of aryl methyl sites for hydroxylation is 1. The summed E-state index contributed by atoms with van der Waals surface area (Å²) >= 11 is 6.02. The molecule has 1 saturated carbocycles. The first-order valence-corrected chi connectivity index (χ1v) is 15.7. The first-order valence-electron chi connectivity index (χ1n) is 13.9. The molecule has 1 aliphatic rings. The van der Waals surface area contributed by atoms with Gasteiger partial charge in [-0.1, -0.05) is 60.3 Å². The number of amides is 2. The van der Waals surface area contributed by atoms with Crippen LogP contribution in [0.25, 0.3) is 0 Å². The SMILES string of the molecule is Cc1ccc(S(=O)(=O)N(CC(=O)N(Cc2ccc(Cl)cc2)[C@@H](C)C(=O)NC2CCCC2)c2cccc(C(F)(F)F)c2)cc1. The summed E-state index contributed by atoms with van der Waals surface area (Å²) in [5.74, 6) is -1.17. The number of carbonyl (C=O) groups is 2. The van der Waals surface area contributed by atoms with Gasteiger partial charge in [0, 0.05) is 17.6 Å². The van der Waals surface area contributed by atoms with Crippen molar-refractivity contribution in [3.63, 3.8) is 0 Å². The quantitative estimate of drug-likeness (QED) is 0.282. The van der Waals surface area contributed by atoms with E-state index in [1.807, 2.05) is 0 Å². The molecule has 0 aromatic heterocycles. The van der Waals surface area contributed by atoms with Crippen molar-refractivity contribution in [2.75, 3.05) is 10.8 Å². The Bertz CT molecular complexity index is 1540. The zero-order valence-corrected chi connectivity index (χ0v) is 25.3. The van der Waals surface area contributed by atoms with E-state index in [-0.39, 0.29) is 23.2 Å². The number of hydrogen-bond acceptors (Lipinski definition) is 4. The molecule has 3 aromatic rings. The zero-order valence-electron chi connectivity index (χ0n) is 23.8. The largest absolute Gasteiger partial charge is 0.416 e.